The SMILES string of the molecule is COc1cc(/C=C/C(=O)OCC(=O)Nc2cc(C)nn2-c2nc(C)cc(C)n2)ccc1OCC(N)=O. The molecule has 36 heavy (non-hydrogen) atoms. The maximum Gasteiger partial charge on any atom is 0.331 e. The van der Waals surface area contributed by atoms with Gasteiger partial charge in [-0.05, 0) is 50.6 Å². The number of aryl methyl sites for hydroxylation is 3. The number of ether oxygens (including phenoxy) is 3. The molecule has 12 nitrogen and oxygen atoms in total. The van der Waals surface area contributed by atoms with Gasteiger partial charge >= 0.3 is 5.97 Å². The van der Waals surface area contributed by atoms with Crippen LogP contribution in [0, 0.1) is 20.8 Å². The van der Waals surface area contributed by atoms with Gasteiger partial charge in [0.05, 0.1) is 12.8 Å². The number of hydrogen-bond donors (Lipinski definition) is 2. The Bertz CT molecular complexity index is 1300. The fourth-order valence-corrected chi connectivity index (χ4v) is 3.13. The molecule has 2 aromatic heterocycles. The predicted molar refractivity (Wildman–Crippen MR) is 130 cm³/mol. The Hall–Kier alpha value is -4.74. The zero-order chi connectivity index (χ0) is 26.2. The molecule has 0 aliphatic rings. The van der Waals surface area contributed by atoms with E-state index in [9.17, 15) is 14.4 Å². The molecule has 0 unspecified atom stereocenters. The fourth-order valence-electron chi connectivity index (χ4n) is 3.13. The van der Waals surface area contributed by atoms with Gasteiger partial charge in [0.2, 0.25) is 0 Å². The van der Waals surface area contributed by atoms with Crippen molar-refractivity contribution in [2.75, 3.05) is 25.6 Å². The Balaban J connectivity index is 1.59. The number of primary amides is 1. The van der Waals surface area contributed by atoms with Crippen LogP contribution in [0.15, 0.2) is 36.4 Å². The van der Waals surface area contributed by atoms with Crippen LogP contribution in [0.4, 0.5) is 5.82 Å². The number of aromatic nitrogens is 4. The van der Waals surface area contributed by atoms with E-state index < -0.39 is 24.4 Å². The molecule has 0 bridgehead atoms. The second-order valence-corrected chi connectivity index (χ2v) is 7.69. The average Bonchev–Trinajstić information content (AvgIpc) is 3.19. The number of rotatable bonds is 10. The Morgan fingerprint density at radius 2 is 1.72 bits per heavy atom. The number of carbonyl (C=O) groups excluding carboxylic acids is 3. The van der Waals surface area contributed by atoms with Crippen LogP contribution in [0.2, 0.25) is 0 Å². The van der Waals surface area contributed by atoms with E-state index in [2.05, 4.69) is 20.4 Å². The third kappa shape index (κ3) is 7.13. The Kier molecular flexibility index (Phi) is 8.34. The number of carbonyl (C=O) groups is 3. The normalized spacial score (nSPS) is 10.8. The van der Waals surface area contributed by atoms with Crippen molar-refractivity contribution in [3.8, 4) is 17.4 Å². The molecular weight excluding hydrogens is 468 g/mol. The minimum Gasteiger partial charge on any atom is -0.493 e. The summed E-state index contributed by atoms with van der Waals surface area (Å²) in [4.78, 5) is 44.1. The van der Waals surface area contributed by atoms with Gasteiger partial charge in [0, 0.05) is 23.5 Å². The first-order chi connectivity index (χ1) is 17.1. The van der Waals surface area contributed by atoms with E-state index in [-0.39, 0.29) is 6.61 Å². The van der Waals surface area contributed by atoms with Crippen LogP contribution >= 0.6 is 0 Å². The van der Waals surface area contributed by atoms with E-state index in [0.717, 1.165) is 11.4 Å². The lowest BCUT2D eigenvalue weighted by Crippen LogP contribution is -2.22. The van der Waals surface area contributed by atoms with Crippen LogP contribution in [0.5, 0.6) is 11.5 Å². The largest absolute Gasteiger partial charge is 0.493 e. The molecule has 188 valence electrons. The molecule has 0 atom stereocenters. The summed E-state index contributed by atoms with van der Waals surface area (Å²) < 4.78 is 16.9. The van der Waals surface area contributed by atoms with Crippen LogP contribution < -0.4 is 20.5 Å². The molecule has 0 fully saturated rings. The van der Waals surface area contributed by atoms with Gasteiger partial charge in [0.25, 0.3) is 17.8 Å². The smallest absolute Gasteiger partial charge is 0.331 e. The highest BCUT2D eigenvalue weighted by molar-refractivity contribution is 5.94. The molecule has 3 rings (SSSR count). The zero-order valence-electron chi connectivity index (χ0n) is 20.3. The number of esters is 1. The Morgan fingerprint density at radius 1 is 1.00 bits per heavy atom. The summed E-state index contributed by atoms with van der Waals surface area (Å²) in [5.41, 5.74) is 7.84. The Morgan fingerprint density at radius 3 is 2.39 bits per heavy atom. The second kappa shape index (κ2) is 11.6. The molecule has 0 aliphatic carbocycles. The van der Waals surface area contributed by atoms with E-state index in [4.69, 9.17) is 19.9 Å². The van der Waals surface area contributed by atoms with Crippen molar-refractivity contribution in [2.45, 2.75) is 20.8 Å². The van der Waals surface area contributed by atoms with Crippen LogP contribution in [0.25, 0.3) is 12.0 Å². The molecule has 2 heterocycles. The summed E-state index contributed by atoms with van der Waals surface area (Å²) in [6, 6.07) is 8.31. The van der Waals surface area contributed by atoms with Gasteiger partial charge in [-0.15, -0.1) is 0 Å². The number of hydrogen-bond acceptors (Lipinski definition) is 9. The van der Waals surface area contributed by atoms with Crippen molar-refractivity contribution >= 4 is 29.7 Å². The lowest BCUT2D eigenvalue weighted by atomic mass is 10.2. The molecule has 0 radical (unpaired) electrons. The van der Waals surface area contributed by atoms with Gasteiger partial charge in [-0.25, -0.2) is 14.8 Å². The molecule has 3 aromatic rings. The summed E-state index contributed by atoms with van der Waals surface area (Å²) in [5.74, 6) is -0.553. The molecule has 2 amide bonds. The van der Waals surface area contributed by atoms with E-state index >= 15 is 0 Å². The number of benzene rings is 1. The van der Waals surface area contributed by atoms with E-state index in [0.29, 0.717) is 34.5 Å². The lowest BCUT2D eigenvalue weighted by molar-refractivity contribution is -0.142. The molecule has 0 aliphatic heterocycles. The summed E-state index contributed by atoms with van der Waals surface area (Å²) in [5, 5.41) is 6.99. The monoisotopic (exact) mass is 494 g/mol. The van der Waals surface area contributed by atoms with E-state index in [1.165, 1.54) is 23.9 Å². The van der Waals surface area contributed by atoms with Crippen molar-refractivity contribution < 1.29 is 28.6 Å². The molecule has 3 N–H and O–H groups in total. The minimum absolute atomic E-state index is 0.294. The lowest BCUT2D eigenvalue weighted by Gasteiger charge is -2.10. The maximum absolute atomic E-state index is 12.4. The Labute approximate surface area is 207 Å². The van der Waals surface area contributed by atoms with Crippen molar-refractivity contribution in [3.63, 3.8) is 0 Å². The number of methoxy groups -OCH3 is 1. The van der Waals surface area contributed by atoms with E-state index in [1.54, 1.807) is 31.2 Å². The van der Waals surface area contributed by atoms with Crippen LogP contribution in [0.1, 0.15) is 22.6 Å². The van der Waals surface area contributed by atoms with Crippen molar-refractivity contribution in [2.24, 2.45) is 5.73 Å². The average molecular weight is 495 g/mol. The number of amides is 2. The van der Waals surface area contributed by atoms with Gasteiger partial charge in [0.1, 0.15) is 5.82 Å². The first-order valence-corrected chi connectivity index (χ1v) is 10.8. The van der Waals surface area contributed by atoms with Crippen LogP contribution in [0.3, 0.4) is 0 Å². The van der Waals surface area contributed by atoms with Gasteiger partial charge in [-0.2, -0.15) is 9.78 Å². The summed E-state index contributed by atoms with van der Waals surface area (Å²) in [7, 11) is 1.44. The van der Waals surface area contributed by atoms with Crippen LogP contribution in [-0.4, -0.2) is 57.9 Å². The fraction of sp³-hybridized carbons (Fsp3) is 0.250. The molecule has 0 saturated carbocycles. The predicted octanol–water partition coefficient (Wildman–Crippen LogP) is 1.66. The molecule has 12 heteroatoms. The van der Waals surface area contributed by atoms with Gasteiger partial charge in [0.15, 0.2) is 24.7 Å². The van der Waals surface area contributed by atoms with Gasteiger partial charge in [-0.1, -0.05) is 6.07 Å². The maximum atomic E-state index is 12.4. The topological polar surface area (TPSA) is 161 Å². The molecule has 0 saturated heterocycles. The summed E-state index contributed by atoms with van der Waals surface area (Å²) in [6.07, 6.45) is 2.65. The van der Waals surface area contributed by atoms with Crippen molar-refractivity contribution in [3.05, 3.63) is 59.1 Å². The molecule has 0 spiro atoms. The van der Waals surface area contributed by atoms with Gasteiger partial charge < -0.3 is 25.3 Å². The summed E-state index contributed by atoms with van der Waals surface area (Å²) in [6.45, 7) is 4.64. The minimum atomic E-state index is -0.722. The van der Waals surface area contributed by atoms with Crippen molar-refractivity contribution in [1.82, 2.24) is 19.7 Å². The first-order valence-electron chi connectivity index (χ1n) is 10.8. The van der Waals surface area contributed by atoms with E-state index in [1.807, 2.05) is 19.9 Å². The molecule has 1 aromatic carbocycles. The number of anilines is 1. The van der Waals surface area contributed by atoms with Gasteiger partial charge in [-0.3, -0.25) is 9.59 Å². The highest BCUT2D eigenvalue weighted by Crippen LogP contribution is 2.28. The third-order valence-electron chi connectivity index (χ3n) is 4.57. The third-order valence-corrected chi connectivity index (χ3v) is 4.57. The van der Waals surface area contributed by atoms with Crippen LogP contribution in [-0.2, 0) is 19.1 Å². The molecular formula is C24H26N6O6. The number of nitrogens with one attached hydrogen (secondary N) is 1. The highest BCUT2D eigenvalue weighted by Gasteiger charge is 2.15. The summed E-state index contributed by atoms with van der Waals surface area (Å²) >= 11 is 0. The highest BCUT2D eigenvalue weighted by atomic mass is 16.5. The number of nitrogens with two attached hydrogens (primary N) is 1. The second-order valence-electron chi connectivity index (χ2n) is 7.69. The first kappa shape index (κ1) is 25.9. The standard InChI is InChI=1S/C24H26N6O6/c1-14-9-15(2)27-24(26-14)30-21(10-16(3)29-30)28-22(32)13-36-23(33)8-6-17-5-7-18(19(11-17)34-4)35-12-20(25)31/h5-11H,12-13H2,1-4H3,(H2,25,31)(H,28,32)/b8-6+. The number of nitrogens with zero attached hydrogens (tertiary/aromatic N) is 4. The zero-order valence-corrected chi connectivity index (χ0v) is 20.3. The quantitative estimate of drug-likeness (QED) is 0.315. The van der Waals surface area contributed by atoms with Crippen molar-refractivity contribution in [1.29, 1.82) is 0 Å².